The van der Waals surface area contributed by atoms with E-state index >= 15 is 4.39 Å². The Kier molecular flexibility index (Phi) is 12.4. The standard InChI is InChI=1S/C33H45FO4/c1-4-5-6-7-26-8-10-27(11-9-26)28-12-13-32(33(34)20-28)29-18-30(37-16-14-24(2)22-35)21-31(19-29)38-17-15-25(3)23-36/h4-5,12-13,18-19,21,26-28,35-36H,2-3,6-11,14-17,20,22-23H2,1H3/b5-4+. The summed E-state index contributed by atoms with van der Waals surface area (Å²) in [5.74, 6) is 2.67. The van der Waals surface area contributed by atoms with E-state index in [1.165, 1.54) is 32.1 Å². The Morgan fingerprint density at radius 3 is 2.11 bits per heavy atom. The molecule has 3 rings (SSSR count). The number of allylic oxidation sites excluding steroid dienone is 6. The van der Waals surface area contributed by atoms with Crippen LogP contribution >= 0.6 is 0 Å². The fourth-order valence-corrected chi connectivity index (χ4v) is 5.35. The van der Waals surface area contributed by atoms with Crippen LogP contribution in [0.4, 0.5) is 4.39 Å². The average molecular weight is 525 g/mol. The normalized spacial score (nSPS) is 21.6. The molecule has 1 aromatic rings. The van der Waals surface area contributed by atoms with Gasteiger partial charge in [0.1, 0.15) is 17.3 Å². The maximum atomic E-state index is 15.6. The van der Waals surface area contributed by atoms with Crippen molar-refractivity contribution in [2.24, 2.45) is 17.8 Å². The molecule has 1 fully saturated rings. The highest BCUT2D eigenvalue weighted by Crippen LogP contribution is 2.42. The number of halogens is 1. The topological polar surface area (TPSA) is 58.9 Å². The minimum Gasteiger partial charge on any atom is -0.493 e. The average Bonchev–Trinajstić information content (AvgIpc) is 2.93. The number of aliphatic hydroxyl groups is 2. The van der Waals surface area contributed by atoms with Crippen LogP contribution in [0.15, 0.2) is 72.6 Å². The molecular weight excluding hydrogens is 479 g/mol. The lowest BCUT2D eigenvalue weighted by molar-refractivity contribution is 0.216. The Bertz CT molecular complexity index is 974. The van der Waals surface area contributed by atoms with Crippen LogP contribution in [-0.2, 0) is 0 Å². The van der Waals surface area contributed by atoms with Gasteiger partial charge in [0, 0.05) is 30.9 Å². The van der Waals surface area contributed by atoms with Gasteiger partial charge in [-0.25, -0.2) is 4.39 Å². The molecule has 1 saturated carbocycles. The van der Waals surface area contributed by atoms with Crippen LogP contribution < -0.4 is 9.47 Å². The molecule has 4 nitrogen and oxygen atoms in total. The molecule has 0 spiro atoms. The zero-order chi connectivity index (χ0) is 27.3. The summed E-state index contributed by atoms with van der Waals surface area (Å²) < 4.78 is 27.4. The van der Waals surface area contributed by atoms with Gasteiger partial charge < -0.3 is 19.7 Å². The van der Waals surface area contributed by atoms with Crippen LogP contribution in [0.2, 0.25) is 0 Å². The van der Waals surface area contributed by atoms with Crippen LogP contribution in [0.25, 0.3) is 5.57 Å². The lowest BCUT2D eigenvalue weighted by atomic mass is 9.72. The fraction of sp³-hybridized carbons (Fsp3) is 0.515. The second-order valence-electron chi connectivity index (χ2n) is 10.7. The van der Waals surface area contributed by atoms with Crippen molar-refractivity contribution in [1.29, 1.82) is 0 Å². The van der Waals surface area contributed by atoms with Crippen LogP contribution in [0.1, 0.15) is 70.3 Å². The fourth-order valence-electron chi connectivity index (χ4n) is 5.35. The molecule has 0 radical (unpaired) electrons. The van der Waals surface area contributed by atoms with E-state index in [1.807, 2.05) is 18.2 Å². The lowest BCUT2D eigenvalue weighted by Crippen LogP contribution is -2.22. The molecule has 38 heavy (non-hydrogen) atoms. The molecule has 2 aliphatic carbocycles. The summed E-state index contributed by atoms with van der Waals surface area (Å²) in [6, 6.07) is 5.48. The zero-order valence-electron chi connectivity index (χ0n) is 23.0. The summed E-state index contributed by atoms with van der Waals surface area (Å²) in [6.45, 7) is 10.3. The van der Waals surface area contributed by atoms with Gasteiger partial charge in [0.2, 0.25) is 0 Å². The molecule has 0 aromatic heterocycles. The summed E-state index contributed by atoms with van der Waals surface area (Å²) >= 11 is 0. The van der Waals surface area contributed by atoms with Crippen molar-refractivity contribution in [3.63, 3.8) is 0 Å². The number of benzene rings is 1. The summed E-state index contributed by atoms with van der Waals surface area (Å²) in [4.78, 5) is 0. The van der Waals surface area contributed by atoms with Crippen molar-refractivity contribution < 1.29 is 24.1 Å². The maximum Gasteiger partial charge on any atom is 0.123 e. The van der Waals surface area contributed by atoms with E-state index in [4.69, 9.17) is 9.47 Å². The van der Waals surface area contributed by atoms with Crippen LogP contribution in [-0.4, -0.2) is 36.6 Å². The third-order valence-corrected chi connectivity index (χ3v) is 7.78. The van der Waals surface area contributed by atoms with Crippen LogP contribution in [0, 0.1) is 17.8 Å². The minimum absolute atomic E-state index is 0.0750. The molecule has 0 aliphatic heterocycles. The van der Waals surface area contributed by atoms with Crippen molar-refractivity contribution in [3.05, 3.63) is 78.2 Å². The molecular formula is C33H45FO4. The molecule has 0 bridgehead atoms. The molecule has 1 atom stereocenters. The van der Waals surface area contributed by atoms with E-state index in [2.05, 4.69) is 38.3 Å². The minimum atomic E-state index is -0.0851. The van der Waals surface area contributed by atoms with Crippen molar-refractivity contribution >= 4 is 5.57 Å². The Balaban J connectivity index is 1.67. The van der Waals surface area contributed by atoms with E-state index in [0.717, 1.165) is 17.9 Å². The van der Waals surface area contributed by atoms with Gasteiger partial charge in [-0.1, -0.05) is 50.3 Å². The first-order valence-corrected chi connectivity index (χ1v) is 14.1. The van der Waals surface area contributed by atoms with Gasteiger partial charge in [0.25, 0.3) is 0 Å². The summed E-state index contributed by atoms with van der Waals surface area (Å²) in [5, 5.41) is 18.4. The van der Waals surface area contributed by atoms with Crippen LogP contribution in [0.3, 0.4) is 0 Å². The van der Waals surface area contributed by atoms with Crippen molar-refractivity contribution in [3.8, 4) is 11.5 Å². The van der Waals surface area contributed by atoms with Gasteiger partial charge in [0.15, 0.2) is 0 Å². The van der Waals surface area contributed by atoms with Crippen molar-refractivity contribution in [1.82, 2.24) is 0 Å². The summed E-state index contributed by atoms with van der Waals surface area (Å²) in [7, 11) is 0. The number of rotatable bonds is 15. The monoisotopic (exact) mass is 524 g/mol. The molecule has 2 aliphatic rings. The number of hydrogen-bond acceptors (Lipinski definition) is 4. The molecule has 0 saturated heterocycles. The quantitative estimate of drug-likeness (QED) is 0.230. The van der Waals surface area contributed by atoms with E-state index in [-0.39, 0.29) is 25.0 Å². The van der Waals surface area contributed by atoms with Gasteiger partial charge in [0.05, 0.1) is 26.4 Å². The highest BCUT2D eigenvalue weighted by atomic mass is 19.1. The summed E-state index contributed by atoms with van der Waals surface area (Å²) in [6.07, 6.45) is 17.3. The van der Waals surface area contributed by atoms with Gasteiger partial charge in [-0.05, 0) is 79.2 Å². The highest BCUT2D eigenvalue weighted by Gasteiger charge is 2.29. The van der Waals surface area contributed by atoms with E-state index in [0.29, 0.717) is 66.6 Å². The van der Waals surface area contributed by atoms with Crippen molar-refractivity contribution in [2.75, 3.05) is 26.4 Å². The second-order valence-corrected chi connectivity index (χ2v) is 10.7. The molecule has 0 amide bonds. The predicted molar refractivity (Wildman–Crippen MR) is 154 cm³/mol. The van der Waals surface area contributed by atoms with Crippen LogP contribution in [0.5, 0.6) is 11.5 Å². The molecule has 0 heterocycles. The molecule has 2 N–H and O–H groups in total. The molecule has 5 heteroatoms. The first kappa shape index (κ1) is 29.9. The second kappa shape index (κ2) is 15.7. The number of ether oxygens (including phenoxy) is 2. The third-order valence-electron chi connectivity index (χ3n) is 7.78. The lowest BCUT2D eigenvalue weighted by Gasteiger charge is -2.33. The zero-order valence-corrected chi connectivity index (χ0v) is 23.0. The first-order valence-electron chi connectivity index (χ1n) is 14.1. The first-order chi connectivity index (χ1) is 18.4. The molecule has 1 unspecified atom stereocenters. The molecule has 1 aromatic carbocycles. The van der Waals surface area contributed by atoms with Crippen molar-refractivity contribution in [2.45, 2.75) is 64.7 Å². The Morgan fingerprint density at radius 1 is 0.974 bits per heavy atom. The Hall–Kier alpha value is -2.63. The maximum absolute atomic E-state index is 15.6. The number of aliphatic hydroxyl groups excluding tert-OH is 2. The predicted octanol–water partition coefficient (Wildman–Crippen LogP) is 7.74. The van der Waals surface area contributed by atoms with E-state index < -0.39 is 0 Å². The smallest absolute Gasteiger partial charge is 0.123 e. The van der Waals surface area contributed by atoms with Gasteiger partial charge >= 0.3 is 0 Å². The third kappa shape index (κ3) is 9.28. The highest BCUT2D eigenvalue weighted by molar-refractivity contribution is 5.78. The van der Waals surface area contributed by atoms with E-state index in [9.17, 15) is 10.2 Å². The van der Waals surface area contributed by atoms with E-state index in [1.54, 1.807) is 6.07 Å². The largest absolute Gasteiger partial charge is 0.493 e. The molecule has 208 valence electrons. The van der Waals surface area contributed by atoms with Gasteiger partial charge in [-0.3, -0.25) is 0 Å². The van der Waals surface area contributed by atoms with Gasteiger partial charge in [-0.2, -0.15) is 0 Å². The van der Waals surface area contributed by atoms with Gasteiger partial charge in [-0.15, -0.1) is 0 Å². The Labute approximate surface area is 228 Å². The summed E-state index contributed by atoms with van der Waals surface area (Å²) in [5.41, 5.74) is 2.69. The SMILES string of the molecule is C=C(CO)CCOc1cc(OCCC(=C)CO)cc(C2=C(F)CC(C3CCC(CC/C=C/C)CC3)C=C2)c1. The number of hydrogen-bond donors (Lipinski definition) is 2. The Morgan fingerprint density at radius 2 is 1.58 bits per heavy atom.